The molecule has 3 rings (SSSR count). The summed E-state index contributed by atoms with van der Waals surface area (Å²) in [6, 6.07) is 14.2. The number of hydrogen-bond donors (Lipinski definition) is 0. The largest absolute Gasteiger partial charge is 0.476 e. The van der Waals surface area contributed by atoms with Gasteiger partial charge in [0.1, 0.15) is 11.5 Å². The standard InChI is InChI=1S/C21H20O5/c1-4-24-20(23)21(2,3)26-15-11-9-14(10-12-15)13-18-19(22)16-7-5-6-8-17(16)25-18/h5-13H,4H2,1-3H3. The van der Waals surface area contributed by atoms with Crippen molar-refractivity contribution in [2.24, 2.45) is 0 Å². The van der Waals surface area contributed by atoms with Crippen LogP contribution in [0.4, 0.5) is 0 Å². The first-order chi connectivity index (χ1) is 12.4. The van der Waals surface area contributed by atoms with E-state index < -0.39 is 11.6 Å². The fourth-order valence-electron chi connectivity index (χ4n) is 2.56. The second kappa shape index (κ2) is 7.04. The molecule has 26 heavy (non-hydrogen) atoms. The first-order valence-corrected chi connectivity index (χ1v) is 8.40. The van der Waals surface area contributed by atoms with Gasteiger partial charge in [-0.15, -0.1) is 0 Å². The van der Waals surface area contributed by atoms with Crippen molar-refractivity contribution in [3.05, 3.63) is 65.4 Å². The fourth-order valence-corrected chi connectivity index (χ4v) is 2.56. The monoisotopic (exact) mass is 352 g/mol. The topological polar surface area (TPSA) is 61.8 Å². The Bertz CT molecular complexity index is 862. The molecule has 0 N–H and O–H groups in total. The van der Waals surface area contributed by atoms with Crippen LogP contribution < -0.4 is 9.47 Å². The lowest BCUT2D eigenvalue weighted by Crippen LogP contribution is -2.39. The highest BCUT2D eigenvalue weighted by atomic mass is 16.6. The minimum Gasteiger partial charge on any atom is -0.476 e. The Morgan fingerprint density at radius 1 is 1.12 bits per heavy atom. The van der Waals surface area contributed by atoms with Gasteiger partial charge in [-0.3, -0.25) is 4.79 Å². The molecule has 0 aliphatic carbocycles. The van der Waals surface area contributed by atoms with E-state index in [0.29, 0.717) is 23.7 Å². The lowest BCUT2D eigenvalue weighted by Gasteiger charge is -2.24. The molecule has 5 nitrogen and oxygen atoms in total. The Morgan fingerprint density at radius 3 is 2.46 bits per heavy atom. The van der Waals surface area contributed by atoms with Gasteiger partial charge in [-0.2, -0.15) is 0 Å². The van der Waals surface area contributed by atoms with E-state index in [4.69, 9.17) is 14.2 Å². The number of esters is 1. The minimum absolute atomic E-state index is 0.135. The SMILES string of the molecule is CCOC(=O)C(C)(C)Oc1ccc(C=C2Oc3ccccc3C2=O)cc1. The highest BCUT2D eigenvalue weighted by molar-refractivity contribution is 6.14. The van der Waals surface area contributed by atoms with Gasteiger partial charge in [0.05, 0.1) is 12.2 Å². The number of carbonyl (C=O) groups is 2. The molecule has 134 valence electrons. The smallest absolute Gasteiger partial charge is 0.349 e. The molecule has 0 saturated carbocycles. The number of fused-ring (bicyclic) bond motifs is 1. The second-order valence-corrected chi connectivity index (χ2v) is 6.34. The number of ether oxygens (including phenoxy) is 3. The van der Waals surface area contributed by atoms with Crippen LogP contribution in [-0.4, -0.2) is 24.0 Å². The van der Waals surface area contributed by atoms with Crippen molar-refractivity contribution >= 4 is 17.8 Å². The lowest BCUT2D eigenvalue weighted by molar-refractivity contribution is -0.158. The van der Waals surface area contributed by atoms with E-state index in [9.17, 15) is 9.59 Å². The molecule has 0 spiro atoms. The zero-order chi connectivity index (χ0) is 18.7. The summed E-state index contributed by atoms with van der Waals surface area (Å²) in [5.74, 6) is 0.831. The van der Waals surface area contributed by atoms with Crippen LogP contribution in [0.3, 0.4) is 0 Å². The van der Waals surface area contributed by atoms with Crippen LogP contribution in [0.2, 0.25) is 0 Å². The van der Waals surface area contributed by atoms with E-state index >= 15 is 0 Å². The van der Waals surface area contributed by atoms with Gasteiger partial charge >= 0.3 is 5.97 Å². The summed E-state index contributed by atoms with van der Waals surface area (Å²) in [4.78, 5) is 24.2. The van der Waals surface area contributed by atoms with Crippen molar-refractivity contribution in [2.75, 3.05) is 6.61 Å². The van der Waals surface area contributed by atoms with E-state index in [-0.39, 0.29) is 11.5 Å². The summed E-state index contributed by atoms with van der Waals surface area (Å²) < 4.78 is 16.3. The number of ketones is 1. The minimum atomic E-state index is -1.08. The van der Waals surface area contributed by atoms with Gasteiger partial charge in [0.2, 0.25) is 5.78 Å². The molecule has 0 fully saturated rings. The average Bonchev–Trinajstić information content (AvgIpc) is 2.93. The van der Waals surface area contributed by atoms with E-state index in [1.54, 1.807) is 69.3 Å². The van der Waals surface area contributed by atoms with Crippen molar-refractivity contribution in [3.8, 4) is 11.5 Å². The Morgan fingerprint density at radius 2 is 1.81 bits per heavy atom. The Labute approximate surface area is 152 Å². The maximum absolute atomic E-state index is 12.3. The number of rotatable bonds is 5. The van der Waals surface area contributed by atoms with Crippen LogP contribution >= 0.6 is 0 Å². The maximum atomic E-state index is 12.3. The molecule has 0 atom stereocenters. The third-order valence-electron chi connectivity index (χ3n) is 3.89. The van der Waals surface area contributed by atoms with Gasteiger partial charge in [-0.05, 0) is 56.7 Å². The molecule has 0 unspecified atom stereocenters. The Kier molecular flexibility index (Phi) is 4.80. The predicted octanol–water partition coefficient (Wildman–Crippen LogP) is 4.02. The van der Waals surface area contributed by atoms with Crippen molar-refractivity contribution in [2.45, 2.75) is 26.4 Å². The van der Waals surface area contributed by atoms with Crippen LogP contribution in [0.5, 0.6) is 11.5 Å². The second-order valence-electron chi connectivity index (χ2n) is 6.34. The molecule has 1 aliphatic rings. The molecule has 5 heteroatoms. The Balaban J connectivity index is 1.73. The molecule has 0 bridgehead atoms. The zero-order valence-electron chi connectivity index (χ0n) is 14.9. The van der Waals surface area contributed by atoms with Gasteiger partial charge in [-0.1, -0.05) is 24.3 Å². The number of Topliss-reactive ketones (excluding diaryl/α,β-unsaturated/α-hetero) is 1. The number of para-hydroxylation sites is 1. The quantitative estimate of drug-likeness (QED) is 0.601. The van der Waals surface area contributed by atoms with Gasteiger partial charge in [-0.25, -0.2) is 4.79 Å². The number of allylic oxidation sites excluding steroid dienone is 1. The third kappa shape index (κ3) is 3.61. The fraction of sp³-hybridized carbons (Fsp3) is 0.238. The molecule has 0 amide bonds. The first kappa shape index (κ1) is 17.7. The van der Waals surface area contributed by atoms with Crippen LogP contribution in [0, 0.1) is 0 Å². The molecule has 1 heterocycles. The molecule has 0 radical (unpaired) electrons. The molecular formula is C21H20O5. The summed E-state index contributed by atoms with van der Waals surface area (Å²) in [5, 5.41) is 0. The van der Waals surface area contributed by atoms with Gasteiger partial charge in [0.25, 0.3) is 0 Å². The highest BCUT2D eigenvalue weighted by Gasteiger charge is 2.31. The van der Waals surface area contributed by atoms with Gasteiger partial charge in [0, 0.05) is 0 Å². The van der Waals surface area contributed by atoms with E-state index in [0.717, 1.165) is 5.56 Å². The van der Waals surface area contributed by atoms with Crippen LogP contribution in [0.1, 0.15) is 36.7 Å². The van der Waals surface area contributed by atoms with E-state index in [1.807, 2.05) is 6.07 Å². The first-order valence-electron chi connectivity index (χ1n) is 8.40. The van der Waals surface area contributed by atoms with E-state index in [1.165, 1.54) is 0 Å². The summed E-state index contributed by atoms with van der Waals surface area (Å²) in [6.07, 6.45) is 1.68. The Hall–Kier alpha value is -3.08. The maximum Gasteiger partial charge on any atom is 0.349 e. The predicted molar refractivity (Wildman–Crippen MR) is 97.2 cm³/mol. The number of benzene rings is 2. The molecule has 0 saturated heterocycles. The average molecular weight is 352 g/mol. The summed E-state index contributed by atoms with van der Waals surface area (Å²) >= 11 is 0. The third-order valence-corrected chi connectivity index (χ3v) is 3.89. The number of hydrogen-bond acceptors (Lipinski definition) is 5. The van der Waals surface area contributed by atoms with Crippen LogP contribution in [0.25, 0.3) is 6.08 Å². The van der Waals surface area contributed by atoms with Crippen molar-refractivity contribution < 1.29 is 23.8 Å². The van der Waals surface area contributed by atoms with Crippen LogP contribution in [-0.2, 0) is 9.53 Å². The highest BCUT2D eigenvalue weighted by Crippen LogP contribution is 2.31. The normalized spacial score (nSPS) is 14.7. The molecular weight excluding hydrogens is 332 g/mol. The van der Waals surface area contributed by atoms with Crippen molar-refractivity contribution in [1.82, 2.24) is 0 Å². The molecule has 1 aliphatic heterocycles. The van der Waals surface area contributed by atoms with E-state index in [2.05, 4.69) is 0 Å². The summed E-state index contributed by atoms with van der Waals surface area (Å²) in [5.41, 5.74) is 0.277. The van der Waals surface area contributed by atoms with Gasteiger partial charge < -0.3 is 14.2 Å². The summed E-state index contributed by atoms with van der Waals surface area (Å²) in [6.45, 7) is 5.36. The van der Waals surface area contributed by atoms with Crippen LogP contribution in [0.15, 0.2) is 54.3 Å². The zero-order valence-corrected chi connectivity index (χ0v) is 14.9. The molecule has 2 aromatic carbocycles. The van der Waals surface area contributed by atoms with Crippen molar-refractivity contribution in [3.63, 3.8) is 0 Å². The lowest BCUT2D eigenvalue weighted by atomic mass is 10.1. The van der Waals surface area contributed by atoms with Crippen molar-refractivity contribution in [1.29, 1.82) is 0 Å². The molecule has 0 aromatic heterocycles. The summed E-state index contributed by atoms with van der Waals surface area (Å²) in [7, 11) is 0. The van der Waals surface area contributed by atoms with Gasteiger partial charge in [0.15, 0.2) is 11.4 Å². The number of carbonyl (C=O) groups excluding carboxylic acids is 2. The molecule has 2 aromatic rings.